The molecular weight excluding hydrogens is 352 g/mol. The highest BCUT2D eigenvalue weighted by Gasteiger charge is 2.24. The Morgan fingerprint density at radius 2 is 1.86 bits per heavy atom. The van der Waals surface area contributed by atoms with Crippen LogP contribution >= 0.6 is 0 Å². The Balaban J connectivity index is 1.37. The van der Waals surface area contributed by atoms with Gasteiger partial charge >= 0.3 is 0 Å². The second-order valence-electron chi connectivity index (χ2n) is 7.23. The Kier molecular flexibility index (Phi) is 5.19. The average molecular weight is 378 g/mol. The van der Waals surface area contributed by atoms with E-state index in [1.165, 1.54) is 0 Å². The molecule has 0 spiro atoms. The van der Waals surface area contributed by atoms with Crippen LogP contribution in [-0.2, 0) is 11.3 Å². The second kappa shape index (κ2) is 7.92. The first-order chi connectivity index (χ1) is 13.7. The van der Waals surface area contributed by atoms with Crippen molar-refractivity contribution in [2.24, 2.45) is 0 Å². The first-order valence-electron chi connectivity index (χ1n) is 9.75. The number of aromatic nitrogens is 2. The summed E-state index contributed by atoms with van der Waals surface area (Å²) in [5.41, 5.74) is 2.96. The number of carbonyl (C=O) groups excluding carboxylic acids is 1. The van der Waals surface area contributed by atoms with Crippen LogP contribution in [0.4, 0.5) is 5.69 Å². The molecule has 1 aliphatic heterocycles. The van der Waals surface area contributed by atoms with E-state index in [-0.39, 0.29) is 5.91 Å². The van der Waals surface area contributed by atoms with E-state index in [4.69, 9.17) is 4.74 Å². The van der Waals surface area contributed by atoms with Gasteiger partial charge in [-0.05, 0) is 44.0 Å². The molecule has 1 N–H and O–H groups in total. The summed E-state index contributed by atoms with van der Waals surface area (Å²) in [6.07, 6.45) is 1.85. The third kappa shape index (κ3) is 3.67. The number of amides is 1. The maximum Gasteiger partial charge on any atom is 0.242 e. The van der Waals surface area contributed by atoms with Crippen molar-refractivity contribution in [2.75, 3.05) is 25.5 Å². The third-order valence-electron chi connectivity index (χ3n) is 5.45. The number of likely N-dealkylation sites (tertiary alicyclic amines) is 1. The lowest BCUT2D eigenvalue weighted by Crippen LogP contribution is -2.43. The number of piperidine rings is 1. The largest absolute Gasteiger partial charge is 0.495 e. The molecule has 2 aromatic carbocycles. The lowest BCUT2D eigenvalue weighted by molar-refractivity contribution is -0.132. The van der Waals surface area contributed by atoms with Crippen molar-refractivity contribution in [1.82, 2.24) is 14.5 Å². The van der Waals surface area contributed by atoms with E-state index in [1.54, 1.807) is 7.11 Å². The molecule has 1 amide bonds. The van der Waals surface area contributed by atoms with E-state index < -0.39 is 0 Å². The maximum absolute atomic E-state index is 12.9. The molecule has 6 nitrogen and oxygen atoms in total. The van der Waals surface area contributed by atoms with E-state index in [0.29, 0.717) is 12.6 Å². The predicted octanol–water partition coefficient (Wildman–Crippen LogP) is 3.46. The van der Waals surface area contributed by atoms with Gasteiger partial charge < -0.3 is 19.5 Å². The average Bonchev–Trinajstić information content (AvgIpc) is 3.04. The summed E-state index contributed by atoms with van der Waals surface area (Å²) >= 11 is 0. The molecule has 0 atom stereocenters. The van der Waals surface area contributed by atoms with Crippen LogP contribution < -0.4 is 10.1 Å². The molecule has 3 aromatic rings. The number of imidazole rings is 1. The summed E-state index contributed by atoms with van der Waals surface area (Å²) in [5, 5.41) is 3.56. The molecule has 6 heteroatoms. The van der Waals surface area contributed by atoms with E-state index in [0.717, 1.165) is 54.2 Å². The van der Waals surface area contributed by atoms with Gasteiger partial charge in [-0.3, -0.25) is 4.79 Å². The van der Waals surface area contributed by atoms with E-state index in [9.17, 15) is 4.79 Å². The number of benzene rings is 2. The van der Waals surface area contributed by atoms with Gasteiger partial charge in [0.25, 0.3) is 0 Å². The second-order valence-corrected chi connectivity index (χ2v) is 7.23. The van der Waals surface area contributed by atoms with Crippen LogP contribution in [0.15, 0.2) is 48.5 Å². The molecule has 4 rings (SSSR count). The predicted molar refractivity (Wildman–Crippen MR) is 111 cm³/mol. The normalized spacial score (nSPS) is 15.0. The zero-order valence-corrected chi connectivity index (χ0v) is 16.4. The van der Waals surface area contributed by atoms with Gasteiger partial charge in [-0.1, -0.05) is 24.3 Å². The highest BCUT2D eigenvalue weighted by Crippen LogP contribution is 2.26. The van der Waals surface area contributed by atoms with Gasteiger partial charge in [0.05, 0.1) is 23.8 Å². The zero-order chi connectivity index (χ0) is 19.5. The number of rotatable bonds is 5. The number of aryl methyl sites for hydroxylation is 1. The first kappa shape index (κ1) is 18.3. The highest BCUT2D eigenvalue weighted by atomic mass is 16.5. The molecule has 2 heterocycles. The number of fused-ring (bicyclic) bond motifs is 1. The van der Waals surface area contributed by atoms with Gasteiger partial charge in [0.2, 0.25) is 5.91 Å². The summed E-state index contributed by atoms with van der Waals surface area (Å²) in [4.78, 5) is 19.4. The van der Waals surface area contributed by atoms with Crippen molar-refractivity contribution in [1.29, 1.82) is 0 Å². The SMILES string of the molecule is COc1ccccc1NC1CCN(C(=O)Cn2c(C)nc3ccccc32)CC1. The fourth-order valence-electron chi connectivity index (χ4n) is 3.89. The molecule has 0 radical (unpaired) electrons. The van der Waals surface area contributed by atoms with Gasteiger partial charge in [0, 0.05) is 19.1 Å². The molecule has 1 saturated heterocycles. The Morgan fingerprint density at radius 3 is 2.64 bits per heavy atom. The smallest absolute Gasteiger partial charge is 0.242 e. The number of nitrogens with zero attached hydrogens (tertiary/aromatic N) is 3. The molecular formula is C22H26N4O2. The van der Waals surface area contributed by atoms with E-state index in [2.05, 4.69) is 10.3 Å². The highest BCUT2D eigenvalue weighted by molar-refractivity contribution is 5.81. The standard InChI is InChI=1S/C22H26N4O2/c1-16-23-18-7-3-5-9-20(18)26(16)15-22(27)25-13-11-17(12-14-25)24-19-8-4-6-10-21(19)28-2/h3-10,17,24H,11-15H2,1-2H3. The van der Waals surface area contributed by atoms with Crippen molar-refractivity contribution < 1.29 is 9.53 Å². The molecule has 146 valence electrons. The van der Waals surface area contributed by atoms with Crippen LogP contribution in [-0.4, -0.2) is 46.6 Å². The molecule has 1 fully saturated rings. The number of ether oxygens (including phenoxy) is 1. The van der Waals surface area contributed by atoms with Crippen LogP contribution in [0.3, 0.4) is 0 Å². The van der Waals surface area contributed by atoms with Crippen LogP contribution in [0.2, 0.25) is 0 Å². The maximum atomic E-state index is 12.9. The number of hydrogen-bond acceptors (Lipinski definition) is 4. The summed E-state index contributed by atoms with van der Waals surface area (Å²) in [7, 11) is 1.68. The molecule has 0 saturated carbocycles. The number of hydrogen-bond donors (Lipinski definition) is 1. The van der Waals surface area contributed by atoms with Crippen LogP contribution in [0, 0.1) is 6.92 Å². The van der Waals surface area contributed by atoms with Crippen LogP contribution in [0.25, 0.3) is 11.0 Å². The number of para-hydroxylation sites is 4. The van der Waals surface area contributed by atoms with Crippen LogP contribution in [0.1, 0.15) is 18.7 Å². The van der Waals surface area contributed by atoms with Gasteiger partial charge in [-0.2, -0.15) is 0 Å². The van der Waals surface area contributed by atoms with Crippen molar-refractivity contribution in [3.05, 3.63) is 54.4 Å². The summed E-state index contributed by atoms with van der Waals surface area (Å²) < 4.78 is 7.43. The summed E-state index contributed by atoms with van der Waals surface area (Å²) in [6, 6.07) is 16.3. The summed E-state index contributed by atoms with van der Waals surface area (Å²) in [5.74, 6) is 1.88. The zero-order valence-electron chi connectivity index (χ0n) is 16.4. The Labute approximate surface area is 165 Å². The first-order valence-corrected chi connectivity index (χ1v) is 9.75. The fourth-order valence-corrected chi connectivity index (χ4v) is 3.89. The molecule has 1 aliphatic rings. The van der Waals surface area contributed by atoms with Crippen molar-refractivity contribution in [3.8, 4) is 5.75 Å². The molecule has 0 aliphatic carbocycles. The van der Waals surface area contributed by atoms with Gasteiger partial charge in [-0.15, -0.1) is 0 Å². The Hall–Kier alpha value is -3.02. The van der Waals surface area contributed by atoms with Crippen molar-refractivity contribution in [3.63, 3.8) is 0 Å². The molecule has 0 bridgehead atoms. The lowest BCUT2D eigenvalue weighted by Gasteiger charge is -2.33. The van der Waals surface area contributed by atoms with Crippen molar-refractivity contribution in [2.45, 2.75) is 32.4 Å². The monoisotopic (exact) mass is 378 g/mol. The minimum atomic E-state index is 0.155. The number of anilines is 1. The molecule has 1 aromatic heterocycles. The number of carbonyl (C=O) groups is 1. The van der Waals surface area contributed by atoms with E-state index >= 15 is 0 Å². The van der Waals surface area contributed by atoms with Gasteiger partial charge in [0.1, 0.15) is 18.1 Å². The number of methoxy groups -OCH3 is 1. The van der Waals surface area contributed by atoms with Crippen molar-refractivity contribution >= 4 is 22.6 Å². The lowest BCUT2D eigenvalue weighted by atomic mass is 10.0. The fraction of sp³-hybridized carbons (Fsp3) is 0.364. The minimum Gasteiger partial charge on any atom is -0.495 e. The summed E-state index contributed by atoms with van der Waals surface area (Å²) in [6.45, 7) is 3.82. The Morgan fingerprint density at radius 1 is 1.14 bits per heavy atom. The van der Waals surface area contributed by atoms with Crippen LogP contribution in [0.5, 0.6) is 5.75 Å². The van der Waals surface area contributed by atoms with Gasteiger partial charge in [-0.25, -0.2) is 4.98 Å². The third-order valence-corrected chi connectivity index (χ3v) is 5.45. The minimum absolute atomic E-state index is 0.155. The Bertz CT molecular complexity index is 974. The topological polar surface area (TPSA) is 59.4 Å². The quantitative estimate of drug-likeness (QED) is 0.739. The van der Waals surface area contributed by atoms with E-state index in [1.807, 2.05) is 64.9 Å². The van der Waals surface area contributed by atoms with Gasteiger partial charge in [0.15, 0.2) is 0 Å². The molecule has 0 unspecified atom stereocenters. The molecule has 28 heavy (non-hydrogen) atoms. The number of nitrogens with one attached hydrogen (secondary N) is 1.